The molecular formula is C19H17N. The average Bonchev–Trinajstić information content (AvgIpc) is 3.03. The number of hydrogen-bond donors (Lipinski definition) is 1. The fourth-order valence-corrected chi connectivity index (χ4v) is 3.26. The van der Waals surface area contributed by atoms with Crippen LogP contribution in [0, 0.1) is 6.92 Å². The minimum atomic E-state index is 0.991. The van der Waals surface area contributed by atoms with Crippen LogP contribution in [0.1, 0.15) is 28.1 Å². The van der Waals surface area contributed by atoms with Gasteiger partial charge in [-0.2, -0.15) is 0 Å². The Morgan fingerprint density at radius 3 is 2.60 bits per heavy atom. The Labute approximate surface area is 119 Å². The van der Waals surface area contributed by atoms with Crippen molar-refractivity contribution in [1.82, 2.24) is 4.98 Å². The fraction of sp³-hybridized carbons (Fsp3) is 0.158. The quantitative estimate of drug-likeness (QED) is 0.546. The molecule has 20 heavy (non-hydrogen) atoms. The van der Waals surface area contributed by atoms with Crippen molar-refractivity contribution < 1.29 is 0 Å². The van der Waals surface area contributed by atoms with E-state index in [1.165, 1.54) is 39.2 Å². The number of H-pyrrole nitrogens is 1. The third-order valence-corrected chi connectivity index (χ3v) is 4.22. The summed E-state index contributed by atoms with van der Waals surface area (Å²) in [5.41, 5.74) is 9.76. The molecule has 1 nitrogen and oxygen atoms in total. The van der Waals surface area contributed by atoms with Crippen LogP contribution in [0.2, 0.25) is 0 Å². The van der Waals surface area contributed by atoms with Gasteiger partial charge in [-0.15, -0.1) is 0 Å². The van der Waals surface area contributed by atoms with E-state index in [0.717, 1.165) is 12.8 Å². The highest BCUT2D eigenvalue weighted by molar-refractivity contribution is 5.77. The molecule has 1 aliphatic rings. The van der Waals surface area contributed by atoms with Crippen molar-refractivity contribution in [3.8, 4) is 11.1 Å². The smallest absolute Gasteiger partial charge is 0.0193 e. The first-order chi connectivity index (χ1) is 9.81. The van der Waals surface area contributed by atoms with Crippen molar-refractivity contribution in [3.63, 3.8) is 0 Å². The zero-order chi connectivity index (χ0) is 13.5. The van der Waals surface area contributed by atoms with Gasteiger partial charge in [0.1, 0.15) is 0 Å². The monoisotopic (exact) mass is 259 g/mol. The van der Waals surface area contributed by atoms with Crippen molar-refractivity contribution in [3.05, 3.63) is 82.7 Å². The maximum Gasteiger partial charge on any atom is 0.0193 e. The molecule has 0 radical (unpaired) electrons. The number of fused-ring (bicyclic) bond motifs is 3. The first kappa shape index (κ1) is 11.5. The van der Waals surface area contributed by atoms with Crippen LogP contribution in [-0.2, 0) is 12.8 Å². The summed E-state index contributed by atoms with van der Waals surface area (Å²) in [7, 11) is 0. The Morgan fingerprint density at radius 1 is 0.900 bits per heavy atom. The lowest BCUT2D eigenvalue weighted by Gasteiger charge is -2.07. The van der Waals surface area contributed by atoms with E-state index in [4.69, 9.17) is 0 Å². The zero-order valence-corrected chi connectivity index (χ0v) is 11.6. The molecule has 1 heteroatoms. The van der Waals surface area contributed by atoms with Gasteiger partial charge in [0.25, 0.3) is 0 Å². The van der Waals surface area contributed by atoms with E-state index in [1.807, 2.05) is 0 Å². The number of nitrogens with one attached hydrogen (secondary N) is 1. The molecule has 0 unspecified atom stereocenters. The fourth-order valence-electron chi connectivity index (χ4n) is 3.26. The van der Waals surface area contributed by atoms with Gasteiger partial charge in [-0.05, 0) is 53.3 Å². The Bertz CT molecular complexity index is 780. The Balaban J connectivity index is 1.77. The van der Waals surface area contributed by atoms with Gasteiger partial charge in [0.15, 0.2) is 0 Å². The van der Waals surface area contributed by atoms with Gasteiger partial charge < -0.3 is 4.98 Å². The highest BCUT2D eigenvalue weighted by atomic mass is 14.7. The molecule has 0 saturated heterocycles. The molecule has 0 bridgehead atoms. The van der Waals surface area contributed by atoms with E-state index in [0.29, 0.717) is 0 Å². The minimum Gasteiger partial charge on any atom is -0.362 e. The van der Waals surface area contributed by atoms with Crippen molar-refractivity contribution in [2.75, 3.05) is 0 Å². The number of aromatic amines is 1. The molecule has 4 rings (SSSR count). The lowest BCUT2D eigenvalue weighted by Crippen LogP contribution is -1.95. The molecule has 0 fully saturated rings. The normalized spacial score (nSPS) is 12.2. The molecule has 3 aromatic rings. The van der Waals surface area contributed by atoms with E-state index >= 15 is 0 Å². The van der Waals surface area contributed by atoms with Crippen LogP contribution >= 0.6 is 0 Å². The molecule has 0 aliphatic heterocycles. The summed E-state index contributed by atoms with van der Waals surface area (Å²) in [5, 5.41) is 0. The predicted molar refractivity (Wildman–Crippen MR) is 83.0 cm³/mol. The van der Waals surface area contributed by atoms with Crippen molar-refractivity contribution in [2.45, 2.75) is 19.8 Å². The summed E-state index contributed by atoms with van der Waals surface area (Å²) in [6, 6.07) is 19.8. The first-order valence-corrected chi connectivity index (χ1v) is 7.15. The van der Waals surface area contributed by atoms with E-state index in [-0.39, 0.29) is 0 Å². The van der Waals surface area contributed by atoms with Crippen molar-refractivity contribution >= 4 is 0 Å². The van der Waals surface area contributed by atoms with E-state index in [1.54, 1.807) is 0 Å². The summed E-state index contributed by atoms with van der Waals surface area (Å²) in [6.45, 7) is 2.11. The summed E-state index contributed by atoms with van der Waals surface area (Å²) in [5.74, 6) is 0. The van der Waals surface area contributed by atoms with Gasteiger partial charge in [0.05, 0.1) is 0 Å². The molecule has 1 N–H and O–H groups in total. The lowest BCUT2D eigenvalue weighted by atomic mass is 9.98. The number of rotatable bonds is 2. The standard InChI is InChI=1S/C19H17N/c1-13-9-10-16(20-13)11-14-6-4-8-18-17-7-3-2-5-15(17)12-19(14)18/h2-10,20H,11-12H2,1H3. The van der Waals surface area contributed by atoms with Crippen LogP contribution < -0.4 is 0 Å². The molecule has 1 aromatic heterocycles. The van der Waals surface area contributed by atoms with Gasteiger partial charge in [-0.3, -0.25) is 0 Å². The molecule has 1 heterocycles. The second-order valence-electron chi connectivity index (χ2n) is 5.62. The van der Waals surface area contributed by atoms with Gasteiger partial charge in [0, 0.05) is 17.8 Å². The molecular weight excluding hydrogens is 242 g/mol. The highest BCUT2D eigenvalue weighted by Gasteiger charge is 2.20. The summed E-state index contributed by atoms with van der Waals surface area (Å²) in [4.78, 5) is 3.44. The second-order valence-corrected chi connectivity index (χ2v) is 5.62. The predicted octanol–water partition coefficient (Wildman–Crippen LogP) is 4.49. The van der Waals surface area contributed by atoms with Crippen LogP contribution in [-0.4, -0.2) is 4.98 Å². The Hall–Kier alpha value is -2.28. The van der Waals surface area contributed by atoms with Gasteiger partial charge in [-0.1, -0.05) is 42.5 Å². The summed E-state index contributed by atoms with van der Waals surface area (Å²) >= 11 is 0. The number of aromatic nitrogens is 1. The number of hydrogen-bond acceptors (Lipinski definition) is 0. The first-order valence-electron chi connectivity index (χ1n) is 7.15. The van der Waals surface area contributed by atoms with Crippen LogP contribution in [0.15, 0.2) is 54.6 Å². The van der Waals surface area contributed by atoms with Gasteiger partial charge in [-0.25, -0.2) is 0 Å². The van der Waals surface area contributed by atoms with Crippen LogP contribution in [0.5, 0.6) is 0 Å². The topological polar surface area (TPSA) is 15.8 Å². The van der Waals surface area contributed by atoms with E-state index in [2.05, 4.69) is 66.5 Å². The third-order valence-electron chi connectivity index (χ3n) is 4.22. The van der Waals surface area contributed by atoms with Crippen molar-refractivity contribution in [2.24, 2.45) is 0 Å². The second kappa shape index (κ2) is 4.38. The summed E-state index contributed by atoms with van der Waals surface area (Å²) < 4.78 is 0. The number of benzene rings is 2. The molecule has 1 aliphatic carbocycles. The van der Waals surface area contributed by atoms with Gasteiger partial charge >= 0.3 is 0 Å². The molecule has 0 spiro atoms. The largest absolute Gasteiger partial charge is 0.362 e. The molecule has 0 saturated carbocycles. The lowest BCUT2D eigenvalue weighted by molar-refractivity contribution is 1.05. The summed E-state index contributed by atoms with van der Waals surface area (Å²) in [6.07, 6.45) is 2.06. The van der Waals surface area contributed by atoms with Gasteiger partial charge in [0.2, 0.25) is 0 Å². The molecule has 2 aromatic carbocycles. The average molecular weight is 259 g/mol. The zero-order valence-electron chi connectivity index (χ0n) is 11.6. The number of aryl methyl sites for hydroxylation is 1. The van der Waals surface area contributed by atoms with Crippen LogP contribution in [0.3, 0.4) is 0 Å². The third kappa shape index (κ3) is 1.78. The Morgan fingerprint density at radius 2 is 1.75 bits per heavy atom. The van der Waals surface area contributed by atoms with Crippen LogP contribution in [0.25, 0.3) is 11.1 Å². The molecule has 98 valence electrons. The minimum absolute atomic E-state index is 0.991. The van der Waals surface area contributed by atoms with E-state index in [9.17, 15) is 0 Å². The molecule has 0 atom stereocenters. The van der Waals surface area contributed by atoms with Crippen molar-refractivity contribution in [1.29, 1.82) is 0 Å². The maximum atomic E-state index is 3.44. The highest BCUT2D eigenvalue weighted by Crippen LogP contribution is 2.38. The Kier molecular flexibility index (Phi) is 2.53. The van der Waals surface area contributed by atoms with Crippen LogP contribution in [0.4, 0.5) is 0 Å². The molecule has 0 amide bonds. The van der Waals surface area contributed by atoms with E-state index < -0.39 is 0 Å². The maximum absolute atomic E-state index is 3.44. The SMILES string of the molecule is Cc1ccc(Cc2cccc3c2Cc2ccccc2-3)[nH]1.